The summed E-state index contributed by atoms with van der Waals surface area (Å²) in [5.74, 6) is 0. The van der Waals surface area contributed by atoms with Crippen molar-refractivity contribution in [3.05, 3.63) is 0 Å². The van der Waals surface area contributed by atoms with Gasteiger partial charge in [-0.15, -0.1) is 0 Å². The molecule has 0 aliphatic carbocycles. The van der Waals surface area contributed by atoms with E-state index in [9.17, 15) is 0 Å². The fourth-order valence-electron chi connectivity index (χ4n) is 0. The van der Waals surface area contributed by atoms with E-state index in [1.54, 1.807) is 14.2 Å². The van der Waals surface area contributed by atoms with Gasteiger partial charge in [0, 0.05) is 14.2 Å². The maximum atomic E-state index is 4.25. The summed E-state index contributed by atoms with van der Waals surface area (Å²) < 4.78 is 4.25. The Morgan fingerprint density at radius 3 is 1.22 bits per heavy atom. The van der Waals surface area contributed by atoms with Crippen LogP contribution in [0.25, 0.3) is 0 Å². The zero-order chi connectivity index (χ0) is 7.91. The molecule has 0 radical (unpaired) electrons. The van der Waals surface area contributed by atoms with Gasteiger partial charge in [0.05, 0.1) is 0 Å². The zero-order valence-corrected chi connectivity index (χ0v) is 7.62. The highest BCUT2D eigenvalue weighted by molar-refractivity contribution is 4.55. The van der Waals surface area contributed by atoms with Gasteiger partial charge in [-0.3, -0.25) is 0 Å². The molecule has 0 heterocycles. The molecule has 1 nitrogen and oxygen atoms in total. The van der Waals surface area contributed by atoms with Crippen molar-refractivity contribution < 1.29 is 4.74 Å². The van der Waals surface area contributed by atoms with Gasteiger partial charge in [-0.1, -0.05) is 34.1 Å². The van der Waals surface area contributed by atoms with Crippen molar-refractivity contribution in [1.29, 1.82) is 0 Å². The molecule has 0 saturated heterocycles. The van der Waals surface area contributed by atoms with Gasteiger partial charge in [0.2, 0.25) is 0 Å². The highest BCUT2D eigenvalue weighted by atomic mass is 16.4. The summed E-state index contributed by atoms with van der Waals surface area (Å²) in [6, 6.07) is 0. The Morgan fingerprint density at radius 1 is 1.11 bits per heavy atom. The van der Waals surface area contributed by atoms with E-state index in [-0.39, 0.29) is 0 Å². The average molecular weight is 132 g/mol. The molecule has 0 fully saturated rings. The standard InChI is InChI=1S/C6H14.C2H6O/c1-5-6(2,3)4;1-3-2/h5H2,1-4H3;1-2H3. The fraction of sp³-hybridized carbons (Fsp3) is 1.00. The monoisotopic (exact) mass is 132 g/mol. The quantitative estimate of drug-likeness (QED) is 0.492. The number of ether oxygens (including phenoxy) is 1. The van der Waals surface area contributed by atoms with E-state index in [0.717, 1.165) is 0 Å². The molecule has 0 bridgehead atoms. The van der Waals surface area contributed by atoms with Crippen LogP contribution in [-0.4, -0.2) is 14.2 Å². The van der Waals surface area contributed by atoms with Crippen LogP contribution in [0, 0.1) is 5.41 Å². The first-order valence-electron chi connectivity index (χ1n) is 3.38. The molecule has 0 aliphatic heterocycles. The SMILES string of the molecule is CCC(C)(C)C.COC. The molecule has 9 heavy (non-hydrogen) atoms. The third kappa shape index (κ3) is 32.3. The van der Waals surface area contributed by atoms with Crippen molar-refractivity contribution >= 4 is 0 Å². The van der Waals surface area contributed by atoms with Gasteiger partial charge in [-0.25, -0.2) is 0 Å². The topological polar surface area (TPSA) is 9.23 Å². The lowest BCUT2D eigenvalue weighted by Gasteiger charge is -2.12. The number of hydrogen-bond donors (Lipinski definition) is 0. The summed E-state index contributed by atoms with van der Waals surface area (Å²) in [4.78, 5) is 0. The van der Waals surface area contributed by atoms with Gasteiger partial charge in [-0.05, 0) is 5.41 Å². The van der Waals surface area contributed by atoms with Crippen LogP contribution in [0.2, 0.25) is 0 Å². The maximum Gasteiger partial charge on any atom is 0.0351 e. The highest BCUT2D eigenvalue weighted by Crippen LogP contribution is 2.16. The van der Waals surface area contributed by atoms with Crippen LogP contribution >= 0.6 is 0 Å². The van der Waals surface area contributed by atoms with E-state index in [4.69, 9.17) is 0 Å². The van der Waals surface area contributed by atoms with E-state index in [1.807, 2.05) is 0 Å². The lowest BCUT2D eigenvalue weighted by atomic mass is 9.94. The first-order valence-corrected chi connectivity index (χ1v) is 3.38. The molecule has 0 spiro atoms. The lowest BCUT2D eigenvalue weighted by molar-refractivity contribution is 0.277. The van der Waals surface area contributed by atoms with E-state index in [2.05, 4.69) is 32.4 Å². The van der Waals surface area contributed by atoms with Gasteiger partial charge in [0.15, 0.2) is 0 Å². The minimum absolute atomic E-state index is 0.542. The summed E-state index contributed by atoms with van der Waals surface area (Å²) >= 11 is 0. The van der Waals surface area contributed by atoms with Crippen molar-refractivity contribution in [2.24, 2.45) is 5.41 Å². The molecule has 0 aromatic heterocycles. The van der Waals surface area contributed by atoms with Gasteiger partial charge < -0.3 is 4.74 Å². The van der Waals surface area contributed by atoms with Crippen LogP contribution in [0.1, 0.15) is 34.1 Å². The molecular formula is C8H20O. The third-order valence-electron chi connectivity index (χ3n) is 1.06. The molecule has 0 aromatic rings. The molecule has 1 heteroatoms. The molecule has 0 N–H and O–H groups in total. The first-order chi connectivity index (χ1) is 3.97. The minimum atomic E-state index is 0.542. The van der Waals surface area contributed by atoms with Gasteiger partial charge in [0.25, 0.3) is 0 Å². The largest absolute Gasteiger partial charge is 0.388 e. The van der Waals surface area contributed by atoms with E-state index < -0.39 is 0 Å². The minimum Gasteiger partial charge on any atom is -0.388 e. The summed E-state index contributed by atoms with van der Waals surface area (Å²) in [6.07, 6.45) is 1.27. The predicted octanol–water partition coefficient (Wildman–Crippen LogP) is 2.71. The van der Waals surface area contributed by atoms with E-state index in [0.29, 0.717) is 5.41 Å². The normalized spacial score (nSPS) is 10.0. The summed E-state index contributed by atoms with van der Waals surface area (Å²) in [5.41, 5.74) is 0.542. The van der Waals surface area contributed by atoms with Crippen molar-refractivity contribution in [3.8, 4) is 0 Å². The maximum absolute atomic E-state index is 4.25. The van der Waals surface area contributed by atoms with Crippen LogP contribution in [0.5, 0.6) is 0 Å². The van der Waals surface area contributed by atoms with Crippen molar-refractivity contribution in [3.63, 3.8) is 0 Å². The fourth-order valence-corrected chi connectivity index (χ4v) is 0. The van der Waals surface area contributed by atoms with Crippen LogP contribution in [0.15, 0.2) is 0 Å². The zero-order valence-electron chi connectivity index (χ0n) is 7.62. The number of hydrogen-bond acceptors (Lipinski definition) is 1. The van der Waals surface area contributed by atoms with E-state index in [1.165, 1.54) is 6.42 Å². The highest BCUT2D eigenvalue weighted by Gasteiger charge is 2.03. The molecular weight excluding hydrogens is 112 g/mol. The molecule has 0 atom stereocenters. The second-order valence-corrected chi connectivity index (χ2v) is 3.32. The number of rotatable bonds is 0. The predicted molar refractivity (Wildman–Crippen MR) is 42.7 cm³/mol. The molecule has 0 rings (SSSR count). The summed E-state index contributed by atoms with van der Waals surface area (Å²) in [7, 11) is 3.25. The van der Waals surface area contributed by atoms with Crippen molar-refractivity contribution in [2.75, 3.05) is 14.2 Å². The molecule has 0 saturated carbocycles. The van der Waals surface area contributed by atoms with Gasteiger partial charge >= 0.3 is 0 Å². The molecule has 0 unspecified atom stereocenters. The molecule has 0 aliphatic rings. The smallest absolute Gasteiger partial charge is 0.0351 e. The molecule has 0 amide bonds. The molecule has 0 aromatic carbocycles. The Labute approximate surface area is 59.4 Å². The number of methoxy groups -OCH3 is 1. The van der Waals surface area contributed by atoms with Gasteiger partial charge in [0.1, 0.15) is 0 Å². The van der Waals surface area contributed by atoms with Crippen molar-refractivity contribution in [1.82, 2.24) is 0 Å². The Hall–Kier alpha value is -0.0400. The van der Waals surface area contributed by atoms with Crippen molar-refractivity contribution in [2.45, 2.75) is 34.1 Å². The van der Waals surface area contributed by atoms with Gasteiger partial charge in [-0.2, -0.15) is 0 Å². The average Bonchev–Trinajstić information content (AvgIpc) is 1.67. The summed E-state index contributed by atoms with van der Waals surface area (Å²) in [6.45, 7) is 8.94. The van der Waals surface area contributed by atoms with Crippen LogP contribution in [0.4, 0.5) is 0 Å². The Kier molecular flexibility index (Phi) is 7.92. The molecule has 58 valence electrons. The van der Waals surface area contributed by atoms with Crippen LogP contribution in [-0.2, 0) is 4.74 Å². The summed E-state index contributed by atoms with van der Waals surface area (Å²) in [5, 5.41) is 0. The van der Waals surface area contributed by atoms with Crippen LogP contribution < -0.4 is 0 Å². The van der Waals surface area contributed by atoms with E-state index >= 15 is 0 Å². The second-order valence-electron chi connectivity index (χ2n) is 3.32. The second kappa shape index (κ2) is 6.09. The van der Waals surface area contributed by atoms with Crippen LogP contribution in [0.3, 0.4) is 0 Å². The lowest BCUT2D eigenvalue weighted by Crippen LogP contribution is -2.00. The third-order valence-corrected chi connectivity index (χ3v) is 1.06. The first kappa shape index (κ1) is 11.7. The Morgan fingerprint density at radius 2 is 1.22 bits per heavy atom. The Balaban J connectivity index is 0. The Bertz CT molecular complexity index is 43.0.